The Kier molecular flexibility index (Phi) is 6.27. The van der Waals surface area contributed by atoms with Gasteiger partial charge in [0, 0.05) is 23.8 Å². The number of aliphatic hydroxyl groups is 1. The van der Waals surface area contributed by atoms with Crippen LogP contribution in [-0.4, -0.2) is 27.7 Å². The van der Waals surface area contributed by atoms with Crippen molar-refractivity contribution in [1.29, 1.82) is 0 Å². The zero-order valence-corrected chi connectivity index (χ0v) is 14.3. The fourth-order valence-corrected chi connectivity index (χ4v) is 2.87. The first-order valence-electron chi connectivity index (χ1n) is 7.11. The molecular weight excluding hydrogens is 320 g/mol. The molecule has 20 heavy (non-hydrogen) atoms. The number of aryl methyl sites for hydroxylation is 1. The lowest BCUT2D eigenvalue weighted by Gasteiger charge is -2.25. The largest absolute Gasteiger partial charge is 0.388 e. The lowest BCUT2D eigenvalue weighted by molar-refractivity contribution is 0.0367. The molecule has 5 heteroatoms. The molecule has 0 spiro atoms. The monoisotopic (exact) mass is 344 g/mol. The Hall–Kier alpha value is -0.810. The van der Waals surface area contributed by atoms with E-state index in [0.717, 1.165) is 17.4 Å². The average Bonchev–Trinajstić information content (AvgIpc) is 2.66. The molecule has 0 aliphatic carbocycles. The van der Waals surface area contributed by atoms with Gasteiger partial charge in [-0.2, -0.15) is 0 Å². The summed E-state index contributed by atoms with van der Waals surface area (Å²) in [6.45, 7) is 9.01. The molecule has 0 aliphatic rings. The van der Waals surface area contributed by atoms with E-state index >= 15 is 0 Å². The van der Waals surface area contributed by atoms with Gasteiger partial charge in [-0.3, -0.25) is 4.79 Å². The molecule has 0 radical (unpaired) electrons. The van der Waals surface area contributed by atoms with E-state index in [2.05, 4.69) is 42.0 Å². The zero-order chi connectivity index (χ0) is 15.3. The summed E-state index contributed by atoms with van der Waals surface area (Å²) in [5, 5.41) is 13.1. The molecule has 4 nitrogen and oxygen atoms in total. The smallest absolute Gasteiger partial charge is 0.268 e. The second-order valence-corrected chi connectivity index (χ2v) is 6.93. The van der Waals surface area contributed by atoms with Gasteiger partial charge in [0.15, 0.2) is 0 Å². The Balaban J connectivity index is 2.67. The number of nitrogens with zero attached hydrogens (tertiary/aromatic N) is 1. The van der Waals surface area contributed by atoms with E-state index in [0.29, 0.717) is 18.0 Å². The maximum Gasteiger partial charge on any atom is 0.268 e. The summed E-state index contributed by atoms with van der Waals surface area (Å²) in [5.41, 5.74) is -0.248. The van der Waals surface area contributed by atoms with Crippen LogP contribution in [-0.2, 0) is 6.54 Å². The van der Waals surface area contributed by atoms with Gasteiger partial charge in [0.25, 0.3) is 5.91 Å². The van der Waals surface area contributed by atoms with Crippen molar-refractivity contribution in [3.63, 3.8) is 0 Å². The van der Waals surface area contributed by atoms with Crippen LogP contribution < -0.4 is 5.32 Å². The molecule has 1 aromatic heterocycles. The van der Waals surface area contributed by atoms with Crippen LogP contribution in [0.1, 0.15) is 51.0 Å². The summed E-state index contributed by atoms with van der Waals surface area (Å²) in [5.74, 6) is 0.244. The number of carbonyl (C=O) groups is 1. The molecule has 1 unspecified atom stereocenters. The molecule has 1 amide bonds. The maximum absolute atomic E-state index is 12.2. The van der Waals surface area contributed by atoms with Gasteiger partial charge in [-0.05, 0) is 47.7 Å². The molecule has 1 rings (SSSR count). The lowest BCUT2D eigenvalue weighted by Crippen LogP contribution is -2.42. The third-order valence-electron chi connectivity index (χ3n) is 3.04. The van der Waals surface area contributed by atoms with E-state index in [9.17, 15) is 9.90 Å². The Bertz CT molecular complexity index is 453. The molecule has 0 saturated carbocycles. The normalized spacial score (nSPS) is 14.3. The highest BCUT2D eigenvalue weighted by molar-refractivity contribution is 9.10. The van der Waals surface area contributed by atoms with Crippen LogP contribution in [0.15, 0.2) is 16.7 Å². The third-order valence-corrected chi connectivity index (χ3v) is 3.47. The fraction of sp³-hybridized carbons (Fsp3) is 0.667. The Labute approximate surface area is 129 Å². The number of hydrogen-bond acceptors (Lipinski definition) is 2. The molecule has 0 bridgehead atoms. The third kappa shape index (κ3) is 5.29. The number of rotatable bonds is 7. The van der Waals surface area contributed by atoms with Gasteiger partial charge in [0.05, 0.1) is 5.60 Å². The van der Waals surface area contributed by atoms with Gasteiger partial charge in [-0.15, -0.1) is 0 Å². The highest BCUT2D eigenvalue weighted by Gasteiger charge is 2.23. The Morgan fingerprint density at radius 1 is 1.55 bits per heavy atom. The highest BCUT2D eigenvalue weighted by Crippen LogP contribution is 2.17. The number of aromatic nitrogens is 1. The summed E-state index contributed by atoms with van der Waals surface area (Å²) in [6.07, 6.45) is 3.53. The van der Waals surface area contributed by atoms with Gasteiger partial charge < -0.3 is 15.0 Å². The standard InChI is InChI=1S/C15H25BrN2O2/c1-5-6-18-9-12(16)7-13(18)14(19)17-10-15(4,20)8-11(2)3/h7,9,11,20H,5-6,8,10H2,1-4H3,(H,17,19). The van der Waals surface area contributed by atoms with Gasteiger partial charge >= 0.3 is 0 Å². The maximum atomic E-state index is 12.2. The van der Waals surface area contributed by atoms with Crippen LogP contribution in [0.4, 0.5) is 0 Å². The minimum atomic E-state index is -0.872. The molecule has 1 heterocycles. The number of nitrogens with one attached hydrogen (secondary N) is 1. The predicted molar refractivity (Wildman–Crippen MR) is 84.8 cm³/mol. The van der Waals surface area contributed by atoms with Crippen molar-refractivity contribution in [1.82, 2.24) is 9.88 Å². The predicted octanol–water partition coefficient (Wildman–Crippen LogP) is 3.19. The highest BCUT2D eigenvalue weighted by atomic mass is 79.9. The summed E-state index contributed by atoms with van der Waals surface area (Å²) in [4.78, 5) is 12.2. The van der Waals surface area contributed by atoms with Gasteiger partial charge in [-0.25, -0.2) is 0 Å². The molecule has 2 N–H and O–H groups in total. The van der Waals surface area contributed by atoms with Crippen molar-refractivity contribution in [3.8, 4) is 0 Å². The quantitative estimate of drug-likeness (QED) is 0.797. The number of halogens is 1. The lowest BCUT2D eigenvalue weighted by atomic mass is 9.94. The van der Waals surface area contributed by atoms with Crippen LogP contribution in [0.5, 0.6) is 0 Å². The van der Waals surface area contributed by atoms with Crippen LogP contribution in [0.25, 0.3) is 0 Å². The van der Waals surface area contributed by atoms with E-state index in [1.807, 2.05) is 16.8 Å². The molecule has 114 valence electrons. The summed E-state index contributed by atoms with van der Waals surface area (Å²) in [6, 6.07) is 1.81. The minimum Gasteiger partial charge on any atom is -0.388 e. The second kappa shape index (κ2) is 7.27. The van der Waals surface area contributed by atoms with Crippen LogP contribution in [0, 0.1) is 5.92 Å². The van der Waals surface area contributed by atoms with Gasteiger partial charge in [0.1, 0.15) is 5.69 Å². The van der Waals surface area contributed by atoms with Crippen molar-refractivity contribution in [2.24, 2.45) is 5.92 Å². The van der Waals surface area contributed by atoms with Crippen molar-refractivity contribution >= 4 is 21.8 Å². The number of amides is 1. The summed E-state index contributed by atoms with van der Waals surface area (Å²) >= 11 is 3.39. The first-order chi connectivity index (χ1) is 9.25. The van der Waals surface area contributed by atoms with E-state index < -0.39 is 5.60 Å². The van der Waals surface area contributed by atoms with E-state index in [1.54, 1.807) is 6.92 Å². The van der Waals surface area contributed by atoms with E-state index in [-0.39, 0.29) is 12.5 Å². The molecule has 1 atom stereocenters. The van der Waals surface area contributed by atoms with Crippen molar-refractivity contribution in [2.45, 2.75) is 52.7 Å². The average molecular weight is 345 g/mol. The minimum absolute atomic E-state index is 0.145. The Morgan fingerprint density at radius 3 is 2.75 bits per heavy atom. The number of hydrogen-bond donors (Lipinski definition) is 2. The van der Waals surface area contributed by atoms with Gasteiger partial charge in [0.2, 0.25) is 0 Å². The Morgan fingerprint density at radius 2 is 2.20 bits per heavy atom. The van der Waals surface area contributed by atoms with Crippen LogP contribution in [0.2, 0.25) is 0 Å². The number of carbonyl (C=O) groups excluding carboxylic acids is 1. The second-order valence-electron chi connectivity index (χ2n) is 6.01. The molecule has 0 aliphatic heterocycles. The molecule has 1 aromatic rings. The summed E-state index contributed by atoms with van der Waals surface area (Å²) in [7, 11) is 0. The van der Waals surface area contributed by atoms with E-state index in [1.165, 1.54) is 0 Å². The molecular formula is C15H25BrN2O2. The van der Waals surface area contributed by atoms with Crippen LogP contribution in [0.3, 0.4) is 0 Å². The first kappa shape index (κ1) is 17.2. The fourth-order valence-electron chi connectivity index (χ4n) is 2.40. The van der Waals surface area contributed by atoms with Crippen molar-refractivity contribution in [3.05, 3.63) is 22.4 Å². The first-order valence-corrected chi connectivity index (χ1v) is 7.90. The topological polar surface area (TPSA) is 54.3 Å². The van der Waals surface area contributed by atoms with Crippen molar-refractivity contribution in [2.75, 3.05) is 6.54 Å². The molecule has 0 saturated heterocycles. The summed E-state index contributed by atoms with van der Waals surface area (Å²) < 4.78 is 2.82. The molecule has 0 aromatic carbocycles. The van der Waals surface area contributed by atoms with Crippen molar-refractivity contribution < 1.29 is 9.90 Å². The van der Waals surface area contributed by atoms with Crippen LogP contribution >= 0.6 is 15.9 Å². The molecule has 0 fully saturated rings. The van der Waals surface area contributed by atoms with E-state index in [4.69, 9.17) is 0 Å². The SMILES string of the molecule is CCCn1cc(Br)cc1C(=O)NCC(C)(O)CC(C)C. The van der Waals surface area contributed by atoms with Gasteiger partial charge in [-0.1, -0.05) is 20.8 Å². The zero-order valence-electron chi connectivity index (χ0n) is 12.7.